The van der Waals surface area contributed by atoms with E-state index in [9.17, 15) is 0 Å². The van der Waals surface area contributed by atoms with Crippen molar-refractivity contribution in [1.82, 2.24) is 4.98 Å². The fourth-order valence-electron chi connectivity index (χ4n) is 1.33. The highest BCUT2D eigenvalue weighted by Gasteiger charge is 1.91. The number of aromatic hydroxyl groups is 1. The molecule has 0 bridgehead atoms. The lowest BCUT2D eigenvalue weighted by molar-refractivity contribution is 0.475. The Labute approximate surface area is 98.3 Å². The first-order valence-corrected chi connectivity index (χ1v) is 5.08. The minimum atomic E-state index is 0.213. The number of nitrogens with zero attached hydrogens (tertiary/aromatic N) is 1. The number of oxazole rings is 1. The van der Waals surface area contributed by atoms with Gasteiger partial charge >= 0.3 is 0 Å². The van der Waals surface area contributed by atoms with Crippen LogP contribution >= 0.6 is 0 Å². The number of phenols is 1. The first-order valence-electron chi connectivity index (χ1n) is 5.08. The van der Waals surface area contributed by atoms with Gasteiger partial charge in [0.1, 0.15) is 11.3 Å². The van der Waals surface area contributed by atoms with Gasteiger partial charge in [-0.05, 0) is 24.3 Å². The summed E-state index contributed by atoms with van der Waals surface area (Å²) in [5.41, 5.74) is 7.65. The summed E-state index contributed by atoms with van der Waals surface area (Å²) >= 11 is 0. The second-order valence-electron chi connectivity index (χ2n) is 3.42. The molecule has 0 fully saturated rings. The minimum absolute atomic E-state index is 0.213. The molecule has 3 rings (SSSR count). The molecule has 0 saturated carbocycles. The van der Waals surface area contributed by atoms with E-state index in [1.165, 1.54) is 12.5 Å². The summed E-state index contributed by atoms with van der Waals surface area (Å²) < 4.78 is 5.01. The fourth-order valence-corrected chi connectivity index (χ4v) is 1.33. The van der Waals surface area contributed by atoms with Crippen LogP contribution in [0.5, 0.6) is 5.75 Å². The van der Waals surface area contributed by atoms with E-state index in [0.717, 1.165) is 11.1 Å². The molecule has 0 aliphatic heterocycles. The van der Waals surface area contributed by atoms with Crippen molar-refractivity contribution in [3.63, 3.8) is 0 Å². The highest BCUT2D eigenvalue weighted by Crippen LogP contribution is 2.11. The number of phenolic OH excluding ortho intramolecular Hbond substituents is 1. The van der Waals surface area contributed by atoms with Crippen LogP contribution in [-0.2, 0) is 0 Å². The molecule has 0 spiro atoms. The van der Waals surface area contributed by atoms with Crippen LogP contribution in [0, 0.1) is 0 Å². The second-order valence-corrected chi connectivity index (χ2v) is 3.42. The Bertz CT molecular complexity index is 557. The standard InChI is InChI=1S/C7H5NO.C6H7NO/c1-2-4-7-6(3-1)8-5-9-7;7-5-2-1-3-6(8)4-5/h1-5H;1-4,8H,7H2. The second kappa shape index (κ2) is 5.03. The van der Waals surface area contributed by atoms with Crippen molar-refractivity contribution in [1.29, 1.82) is 0 Å². The smallest absolute Gasteiger partial charge is 0.181 e. The van der Waals surface area contributed by atoms with Gasteiger partial charge in [0, 0.05) is 11.8 Å². The van der Waals surface area contributed by atoms with Crippen LogP contribution in [0.2, 0.25) is 0 Å². The molecule has 0 amide bonds. The molecule has 3 aromatic rings. The SMILES string of the molecule is Nc1cccc(O)c1.c1ccc2ocnc2c1. The van der Waals surface area contributed by atoms with Gasteiger partial charge in [-0.15, -0.1) is 0 Å². The Balaban J connectivity index is 0.000000128. The van der Waals surface area contributed by atoms with E-state index in [4.69, 9.17) is 15.3 Å². The molecular formula is C13H12N2O2. The number of rotatable bonds is 0. The summed E-state index contributed by atoms with van der Waals surface area (Å²) in [4.78, 5) is 3.95. The predicted molar refractivity (Wildman–Crippen MR) is 66.5 cm³/mol. The average molecular weight is 228 g/mol. The van der Waals surface area contributed by atoms with Crippen molar-refractivity contribution in [3.8, 4) is 5.75 Å². The van der Waals surface area contributed by atoms with Crippen LogP contribution in [0.4, 0.5) is 5.69 Å². The normalized spacial score (nSPS) is 9.65. The molecular weight excluding hydrogens is 216 g/mol. The first kappa shape index (κ1) is 11.0. The molecule has 86 valence electrons. The Morgan fingerprint density at radius 1 is 1.06 bits per heavy atom. The van der Waals surface area contributed by atoms with Crippen molar-refractivity contribution in [2.24, 2.45) is 0 Å². The van der Waals surface area contributed by atoms with Crippen LogP contribution in [0.1, 0.15) is 0 Å². The van der Waals surface area contributed by atoms with Gasteiger partial charge in [0.25, 0.3) is 0 Å². The number of hydrogen-bond donors (Lipinski definition) is 2. The molecule has 4 heteroatoms. The minimum Gasteiger partial charge on any atom is -0.508 e. The van der Waals surface area contributed by atoms with E-state index in [-0.39, 0.29) is 5.75 Å². The topological polar surface area (TPSA) is 72.3 Å². The van der Waals surface area contributed by atoms with Crippen LogP contribution < -0.4 is 5.73 Å². The molecule has 4 nitrogen and oxygen atoms in total. The maximum atomic E-state index is 8.73. The summed E-state index contributed by atoms with van der Waals surface area (Å²) in [6.45, 7) is 0. The van der Waals surface area contributed by atoms with E-state index in [1.807, 2.05) is 24.3 Å². The highest BCUT2D eigenvalue weighted by atomic mass is 16.3. The van der Waals surface area contributed by atoms with Gasteiger partial charge in [-0.3, -0.25) is 0 Å². The molecule has 0 radical (unpaired) electrons. The summed E-state index contributed by atoms with van der Waals surface area (Å²) in [6.07, 6.45) is 1.45. The summed E-state index contributed by atoms with van der Waals surface area (Å²) in [6, 6.07) is 14.2. The zero-order chi connectivity index (χ0) is 12.1. The summed E-state index contributed by atoms with van der Waals surface area (Å²) in [5, 5.41) is 8.73. The van der Waals surface area contributed by atoms with Gasteiger partial charge in [-0.1, -0.05) is 18.2 Å². The number of nitrogen functional groups attached to an aromatic ring is 1. The molecule has 0 unspecified atom stereocenters. The number of anilines is 1. The van der Waals surface area contributed by atoms with Gasteiger partial charge in [0.2, 0.25) is 0 Å². The van der Waals surface area contributed by atoms with Crippen molar-refractivity contribution in [3.05, 3.63) is 54.9 Å². The number of para-hydroxylation sites is 2. The van der Waals surface area contributed by atoms with Gasteiger partial charge in [-0.2, -0.15) is 0 Å². The van der Waals surface area contributed by atoms with E-state index >= 15 is 0 Å². The monoisotopic (exact) mass is 228 g/mol. The molecule has 17 heavy (non-hydrogen) atoms. The molecule has 0 aliphatic carbocycles. The average Bonchev–Trinajstić information content (AvgIpc) is 2.77. The van der Waals surface area contributed by atoms with E-state index in [0.29, 0.717) is 5.69 Å². The van der Waals surface area contributed by atoms with E-state index in [2.05, 4.69) is 4.98 Å². The number of aromatic nitrogens is 1. The Morgan fingerprint density at radius 3 is 2.53 bits per heavy atom. The number of nitrogens with two attached hydrogens (primary N) is 1. The van der Waals surface area contributed by atoms with Gasteiger partial charge in [-0.25, -0.2) is 4.98 Å². The molecule has 2 aromatic carbocycles. The quantitative estimate of drug-likeness (QED) is 0.580. The maximum absolute atomic E-state index is 8.73. The third kappa shape index (κ3) is 2.98. The third-order valence-corrected chi connectivity index (χ3v) is 2.11. The van der Waals surface area contributed by atoms with Crippen molar-refractivity contribution >= 4 is 16.8 Å². The van der Waals surface area contributed by atoms with Crippen LogP contribution in [-0.4, -0.2) is 10.1 Å². The van der Waals surface area contributed by atoms with E-state index in [1.54, 1.807) is 18.2 Å². The Kier molecular flexibility index (Phi) is 3.25. The van der Waals surface area contributed by atoms with Crippen molar-refractivity contribution < 1.29 is 9.52 Å². The lowest BCUT2D eigenvalue weighted by atomic mass is 10.3. The molecule has 0 atom stereocenters. The van der Waals surface area contributed by atoms with Crippen molar-refractivity contribution in [2.75, 3.05) is 5.73 Å². The lowest BCUT2D eigenvalue weighted by Gasteiger charge is -1.90. The molecule has 0 saturated heterocycles. The predicted octanol–water partition coefficient (Wildman–Crippen LogP) is 2.80. The fraction of sp³-hybridized carbons (Fsp3) is 0. The highest BCUT2D eigenvalue weighted by molar-refractivity contribution is 5.71. The summed E-state index contributed by atoms with van der Waals surface area (Å²) in [5.74, 6) is 0.213. The Hall–Kier alpha value is -2.49. The summed E-state index contributed by atoms with van der Waals surface area (Å²) in [7, 11) is 0. The molecule has 1 heterocycles. The number of benzene rings is 2. The zero-order valence-corrected chi connectivity index (χ0v) is 9.08. The number of fused-ring (bicyclic) bond motifs is 1. The maximum Gasteiger partial charge on any atom is 0.181 e. The van der Waals surface area contributed by atoms with Gasteiger partial charge in [0.05, 0.1) is 0 Å². The largest absolute Gasteiger partial charge is 0.508 e. The number of hydrogen-bond acceptors (Lipinski definition) is 4. The third-order valence-electron chi connectivity index (χ3n) is 2.11. The Morgan fingerprint density at radius 2 is 1.88 bits per heavy atom. The van der Waals surface area contributed by atoms with Gasteiger partial charge in [0.15, 0.2) is 12.0 Å². The van der Waals surface area contributed by atoms with Crippen LogP contribution in [0.3, 0.4) is 0 Å². The lowest BCUT2D eigenvalue weighted by Crippen LogP contribution is -1.80. The zero-order valence-electron chi connectivity index (χ0n) is 9.08. The molecule has 0 aliphatic rings. The van der Waals surface area contributed by atoms with Gasteiger partial charge < -0.3 is 15.3 Å². The van der Waals surface area contributed by atoms with Crippen LogP contribution in [0.25, 0.3) is 11.1 Å². The first-order chi connectivity index (χ1) is 8.25. The molecule has 1 aromatic heterocycles. The van der Waals surface area contributed by atoms with Crippen molar-refractivity contribution in [2.45, 2.75) is 0 Å². The van der Waals surface area contributed by atoms with E-state index < -0.39 is 0 Å². The molecule has 3 N–H and O–H groups in total. The van der Waals surface area contributed by atoms with Crippen LogP contribution in [0.15, 0.2) is 59.3 Å².